The first kappa shape index (κ1) is 16.6. The van der Waals surface area contributed by atoms with E-state index in [1.807, 2.05) is 29.2 Å². The Balaban J connectivity index is 0.00000161. The van der Waals surface area contributed by atoms with Gasteiger partial charge in [0.1, 0.15) is 6.10 Å². The third-order valence-electron chi connectivity index (χ3n) is 3.74. The van der Waals surface area contributed by atoms with E-state index in [2.05, 4.69) is 5.32 Å². The molecule has 4 nitrogen and oxygen atoms in total. The zero-order chi connectivity index (χ0) is 13.9. The summed E-state index contributed by atoms with van der Waals surface area (Å²) in [5, 5.41) is 3.93. The Kier molecular flexibility index (Phi) is 5.88. The lowest BCUT2D eigenvalue weighted by Crippen LogP contribution is -2.49. The molecule has 0 aromatic heterocycles. The Labute approximate surface area is 136 Å². The van der Waals surface area contributed by atoms with Crippen molar-refractivity contribution in [1.29, 1.82) is 0 Å². The molecule has 1 atom stereocenters. The highest BCUT2D eigenvalue weighted by Crippen LogP contribution is 2.29. The predicted molar refractivity (Wildman–Crippen MR) is 84.9 cm³/mol. The molecule has 0 bridgehead atoms. The summed E-state index contributed by atoms with van der Waals surface area (Å²) in [6.45, 7) is 2.68. The number of morpholine rings is 1. The smallest absolute Gasteiger partial charge is 0.253 e. The average Bonchev–Trinajstić information content (AvgIpc) is 3.31. The largest absolute Gasteiger partial charge is 0.366 e. The zero-order valence-electron chi connectivity index (χ0n) is 11.8. The summed E-state index contributed by atoms with van der Waals surface area (Å²) in [5.41, 5.74) is 1.11. The highest BCUT2D eigenvalue weighted by atomic mass is 35.5. The van der Waals surface area contributed by atoms with Crippen LogP contribution in [-0.4, -0.2) is 42.6 Å². The Morgan fingerprint density at radius 1 is 1.33 bits per heavy atom. The predicted octanol–water partition coefficient (Wildman–Crippen LogP) is 2.24. The first-order chi connectivity index (χ1) is 9.74. The van der Waals surface area contributed by atoms with Crippen LogP contribution in [0, 0.1) is 0 Å². The van der Waals surface area contributed by atoms with Gasteiger partial charge in [0.25, 0.3) is 5.91 Å². The molecule has 1 aliphatic heterocycles. The molecule has 1 saturated heterocycles. The van der Waals surface area contributed by atoms with Crippen molar-refractivity contribution in [3.8, 4) is 0 Å². The molecule has 1 amide bonds. The molecule has 0 radical (unpaired) electrons. The van der Waals surface area contributed by atoms with Crippen molar-refractivity contribution in [3.05, 3.63) is 34.9 Å². The van der Waals surface area contributed by atoms with Crippen LogP contribution in [0.5, 0.6) is 0 Å². The van der Waals surface area contributed by atoms with E-state index in [4.69, 9.17) is 16.3 Å². The molecular formula is C15H20Cl2N2O2. The molecule has 1 aromatic rings. The van der Waals surface area contributed by atoms with E-state index in [1.165, 1.54) is 0 Å². The third-order valence-corrected chi connectivity index (χ3v) is 3.99. The lowest BCUT2D eigenvalue weighted by atomic mass is 10.2. The number of benzene rings is 1. The standard InChI is InChI=1S/C15H19ClN2O2.ClH/c16-12-3-1-11(2-4-12)10-18(13-5-6-13)15(19)14-9-17-7-8-20-14;/h1-4,13-14,17H,5-10H2;1H. The number of carbonyl (C=O) groups is 1. The van der Waals surface area contributed by atoms with Gasteiger partial charge in [-0.2, -0.15) is 0 Å². The first-order valence-corrected chi connectivity index (χ1v) is 7.49. The van der Waals surface area contributed by atoms with Crippen molar-refractivity contribution in [2.24, 2.45) is 0 Å². The molecule has 1 heterocycles. The van der Waals surface area contributed by atoms with Gasteiger partial charge in [-0.15, -0.1) is 12.4 Å². The third kappa shape index (κ3) is 4.33. The zero-order valence-corrected chi connectivity index (χ0v) is 13.3. The van der Waals surface area contributed by atoms with Gasteiger partial charge < -0.3 is 15.0 Å². The minimum Gasteiger partial charge on any atom is -0.366 e. The lowest BCUT2D eigenvalue weighted by Gasteiger charge is -2.30. The molecule has 2 aliphatic rings. The second-order valence-electron chi connectivity index (χ2n) is 5.39. The Morgan fingerprint density at radius 3 is 2.62 bits per heavy atom. The molecule has 0 spiro atoms. The van der Waals surface area contributed by atoms with Gasteiger partial charge in [0.2, 0.25) is 0 Å². The number of nitrogens with zero attached hydrogens (tertiary/aromatic N) is 1. The van der Waals surface area contributed by atoms with E-state index in [0.717, 1.165) is 30.0 Å². The average molecular weight is 331 g/mol. The number of nitrogens with one attached hydrogen (secondary N) is 1. The van der Waals surface area contributed by atoms with Gasteiger partial charge in [0, 0.05) is 30.7 Å². The fourth-order valence-electron chi connectivity index (χ4n) is 2.47. The maximum atomic E-state index is 12.6. The summed E-state index contributed by atoms with van der Waals surface area (Å²) in [5.74, 6) is 0.106. The van der Waals surface area contributed by atoms with Crippen LogP contribution in [-0.2, 0) is 16.1 Å². The van der Waals surface area contributed by atoms with Crippen molar-refractivity contribution in [1.82, 2.24) is 10.2 Å². The minimum atomic E-state index is -0.336. The van der Waals surface area contributed by atoms with Crippen LogP contribution in [0.25, 0.3) is 0 Å². The fourth-order valence-corrected chi connectivity index (χ4v) is 2.59. The van der Waals surface area contributed by atoms with E-state index in [-0.39, 0.29) is 24.4 Å². The molecule has 1 N–H and O–H groups in total. The summed E-state index contributed by atoms with van der Waals surface area (Å²) in [4.78, 5) is 14.5. The van der Waals surface area contributed by atoms with Crippen LogP contribution in [0.4, 0.5) is 0 Å². The minimum absolute atomic E-state index is 0. The van der Waals surface area contributed by atoms with Gasteiger partial charge in [-0.25, -0.2) is 0 Å². The van der Waals surface area contributed by atoms with Crippen LogP contribution >= 0.6 is 24.0 Å². The molecule has 1 aromatic carbocycles. The van der Waals surface area contributed by atoms with Gasteiger partial charge in [0.05, 0.1) is 6.61 Å². The monoisotopic (exact) mass is 330 g/mol. The van der Waals surface area contributed by atoms with Crippen molar-refractivity contribution in [2.75, 3.05) is 19.7 Å². The van der Waals surface area contributed by atoms with Crippen LogP contribution in [0.2, 0.25) is 5.02 Å². The normalized spacial score (nSPS) is 21.5. The number of ether oxygens (including phenoxy) is 1. The Bertz CT molecular complexity index is 471. The van der Waals surface area contributed by atoms with Crippen molar-refractivity contribution >= 4 is 29.9 Å². The lowest BCUT2D eigenvalue weighted by molar-refractivity contribution is -0.146. The van der Waals surface area contributed by atoms with Crippen LogP contribution in [0.1, 0.15) is 18.4 Å². The summed E-state index contributed by atoms with van der Waals surface area (Å²) >= 11 is 5.90. The fraction of sp³-hybridized carbons (Fsp3) is 0.533. The van der Waals surface area contributed by atoms with Gasteiger partial charge in [-0.1, -0.05) is 23.7 Å². The summed E-state index contributed by atoms with van der Waals surface area (Å²) in [6, 6.07) is 8.07. The highest BCUT2D eigenvalue weighted by Gasteiger charge is 2.36. The van der Waals surface area contributed by atoms with Crippen molar-refractivity contribution in [2.45, 2.75) is 31.5 Å². The first-order valence-electron chi connectivity index (χ1n) is 7.11. The number of amides is 1. The van der Waals surface area contributed by atoms with Crippen LogP contribution in [0.3, 0.4) is 0 Å². The van der Waals surface area contributed by atoms with Gasteiger partial charge in [-0.05, 0) is 30.5 Å². The molecule has 3 rings (SSSR count). The van der Waals surface area contributed by atoms with Crippen LogP contribution < -0.4 is 5.32 Å². The Hall–Kier alpha value is -0.810. The molecule has 1 saturated carbocycles. The van der Waals surface area contributed by atoms with Crippen molar-refractivity contribution < 1.29 is 9.53 Å². The number of hydrogen-bond acceptors (Lipinski definition) is 3. The SMILES string of the molecule is Cl.O=C(C1CNCCO1)N(Cc1ccc(Cl)cc1)C1CC1. The molecule has 6 heteroatoms. The summed E-state index contributed by atoms with van der Waals surface area (Å²) in [6.07, 6.45) is 1.86. The molecule has 1 aliphatic carbocycles. The van der Waals surface area contributed by atoms with E-state index in [9.17, 15) is 4.79 Å². The Morgan fingerprint density at radius 2 is 2.05 bits per heavy atom. The molecule has 116 valence electrons. The summed E-state index contributed by atoms with van der Waals surface area (Å²) in [7, 11) is 0. The quantitative estimate of drug-likeness (QED) is 0.920. The van der Waals surface area contributed by atoms with Gasteiger partial charge in [0.15, 0.2) is 0 Å². The topological polar surface area (TPSA) is 41.6 Å². The second-order valence-corrected chi connectivity index (χ2v) is 5.82. The van der Waals surface area contributed by atoms with E-state index in [1.54, 1.807) is 0 Å². The van der Waals surface area contributed by atoms with Crippen molar-refractivity contribution in [3.63, 3.8) is 0 Å². The molecule has 2 fully saturated rings. The van der Waals surface area contributed by atoms with Gasteiger partial charge in [-0.3, -0.25) is 4.79 Å². The number of carbonyl (C=O) groups excluding carboxylic acids is 1. The molecule has 1 unspecified atom stereocenters. The maximum absolute atomic E-state index is 12.6. The van der Waals surface area contributed by atoms with E-state index >= 15 is 0 Å². The van der Waals surface area contributed by atoms with Gasteiger partial charge >= 0.3 is 0 Å². The molecule has 21 heavy (non-hydrogen) atoms. The molecular weight excluding hydrogens is 311 g/mol. The number of hydrogen-bond donors (Lipinski definition) is 1. The number of rotatable bonds is 4. The van der Waals surface area contributed by atoms with E-state index < -0.39 is 0 Å². The number of halogens is 2. The maximum Gasteiger partial charge on any atom is 0.253 e. The highest BCUT2D eigenvalue weighted by molar-refractivity contribution is 6.30. The van der Waals surface area contributed by atoms with Crippen LogP contribution in [0.15, 0.2) is 24.3 Å². The summed E-state index contributed by atoms with van der Waals surface area (Å²) < 4.78 is 5.58. The second kappa shape index (κ2) is 7.45. The van der Waals surface area contributed by atoms with E-state index in [0.29, 0.717) is 25.7 Å².